The van der Waals surface area contributed by atoms with Crippen molar-refractivity contribution in [1.82, 2.24) is 0 Å². The molecular weight excluding hydrogens is 265 g/mol. The molecule has 98 valence electrons. The molecule has 2 aromatic carbocycles. The normalized spacial score (nSPS) is 10.3. The fourth-order valence-electron chi connectivity index (χ4n) is 1.70. The lowest BCUT2D eigenvalue weighted by Crippen LogP contribution is -2.12. The molecule has 2 nitrogen and oxygen atoms in total. The predicted molar refractivity (Wildman–Crippen MR) is 75.3 cm³/mol. The summed E-state index contributed by atoms with van der Waals surface area (Å²) < 4.78 is 13.1. The smallest absolute Gasteiger partial charge is 0.255 e. The van der Waals surface area contributed by atoms with Gasteiger partial charge in [-0.2, -0.15) is 0 Å². The van der Waals surface area contributed by atoms with Gasteiger partial charge in [-0.3, -0.25) is 4.79 Å². The Morgan fingerprint density at radius 1 is 1.16 bits per heavy atom. The third-order valence-corrected chi connectivity index (χ3v) is 3.11. The predicted octanol–water partition coefficient (Wildman–Crippen LogP) is 4.35. The van der Waals surface area contributed by atoms with Crippen LogP contribution >= 0.6 is 11.6 Å². The van der Waals surface area contributed by atoms with Crippen molar-refractivity contribution in [3.8, 4) is 0 Å². The number of rotatable bonds is 2. The molecule has 1 amide bonds. The Balaban J connectivity index is 2.23. The molecule has 0 aliphatic carbocycles. The van der Waals surface area contributed by atoms with E-state index in [9.17, 15) is 9.18 Å². The van der Waals surface area contributed by atoms with Gasteiger partial charge in [-0.05, 0) is 55.3 Å². The van der Waals surface area contributed by atoms with Gasteiger partial charge in [-0.25, -0.2) is 4.39 Å². The summed E-state index contributed by atoms with van der Waals surface area (Å²) in [5, 5.41) is 3.19. The Kier molecular flexibility index (Phi) is 3.86. The number of halogens is 2. The summed E-state index contributed by atoms with van der Waals surface area (Å²) in [5.41, 5.74) is 2.39. The minimum Gasteiger partial charge on any atom is -0.321 e. The second-order valence-corrected chi connectivity index (χ2v) is 4.81. The number of carbonyl (C=O) groups excluding carboxylic acids is 1. The molecule has 0 aliphatic rings. The summed E-state index contributed by atoms with van der Waals surface area (Å²) >= 11 is 6.04. The molecule has 0 aromatic heterocycles. The van der Waals surface area contributed by atoms with Crippen LogP contribution in [-0.4, -0.2) is 5.91 Å². The van der Waals surface area contributed by atoms with Crippen LogP contribution in [0.3, 0.4) is 0 Å². The van der Waals surface area contributed by atoms with Crippen LogP contribution in [0, 0.1) is 19.7 Å². The van der Waals surface area contributed by atoms with Crippen molar-refractivity contribution in [1.29, 1.82) is 0 Å². The van der Waals surface area contributed by atoms with Crippen LogP contribution in [0.5, 0.6) is 0 Å². The Labute approximate surface area is 116 Å². The molecule has 0 radical (unpaired) electrons. The lowest BCUT2D eigenvalue weighted by atomic mass is 10.1. The van der Waals surface area contributed by atoms with E-state index < -0.39 is 0 Å². The van der Waals surface area contributed by atoms with E-state index in [4.69, 9.17) is 11.6 Å². The maximum absolute atomic E-state index is 13.1. The second kappa shape index (κ2) is 5.41. The van der Waals surface area contributed by atoms with Crippen LogP contribution < -0.4 is 5.32 Å². The van der Waals surface area contributed by atoms with E-state index in [0.29, 0.717) is 21.8 Å². The van der Waals surface area contributed by atoms with Crippen LogP contribution in [0.1, 0.15) is 21.5 Å². The van der Waals surface area contributed by atoms with E-state index in [-0.39, 0.29) is 11.7 Å². The SMILES string of the molecule is Cc1ccc(NC(=O)c2ccc(F)c(C)c2)c(Cl)c1. The standard InChI is InChI=1S/C15H13ClFNO/c1-9-3-6-14(12(16)7-9)18-15(19)11-4-5-13(17)10(2)8-11/h3-8H,1-2H3,(H,18,19). The Hall–Kier alpha value is -1.87. The third-order valence-electron chi connectivity index (χ3n) is 2.79. The number of amides is 1. The van der Waals surface area contributed by atoms with Crippen molar-refractivity contribution in [3.63, 3.8) is 0 Å². The molecule has 0 heterocycles. The molecule has 1 N–H and O–H groups in total. The van der Waals surface area contributed by atoms with Crippen molar-refractivity contribution in [2.24, 2.45) is 0 Å². The van der Waals surface area contributed by atoms with E-state index >= 15 is 0 Å². The van der Waals surface area contributed by atoms with Gasteiger partial charge in [-0.15, -0.1) is 0 Å². The Morgan fingerprint density at radius 3 is 2.53 bits per heavy atom. The van der Waals surface area contributed by atoms with Gasteiger partial charge in [0.2, 0.25) is 0 Å². The maximum Gasteiger partial charge on any atom is 0.255 e. The summed E-state index contributed by atoms with van der Waals surface area (Å²) in [6, 6.07) is 9.60. The summed E-state index contributed by atoms with van der Waals surface area (Å²) in [6.45, 7) is 3.53. The number of nitrogens with one attached hydrogen (secondary N) is 1. The van der Waals surface area contributed by atoms with Gasteiger partial charge in [0.05, 0.1) is 10.7 Å². The first-order valence-corrected chi connectivity index (χ1v) is 6.19. The molecule has 0 bridgehead atoms. The molecule has 0 unspecified atom stereocenters. The zero-order valence-electron chi connectivity index (χ0n) is 10.6. The van der Waals surface area contributed by atoms with Crippen LogP contribution in [0.25, 0.3) is 0 Å². The van der Waals surface area contributed by atoms with E-state index in [1.165, 1.54) is 18.2 Å². The molecule has 0 spiro atoms. The van der Waals surface area contributed by atoms with Gasteiger partial charge in [0.1, 0.15) is 5.82 Å². The molecule has 2 rings (SSSR count). The summed E-state index contributed by atoms with van der Waals surface area (Å²) in [7, 11) is 0. The third kappa shape index (κ3) is 3.12. The summed E-state index contributed by atoms with van der Waals surface area (Å²) in [5.74, 6) is -0.640. The lowest BCUT2D eigenvalue weighted by Gasteiger charge is -2.08. The highest BCUT2D eigenvalue weighted by Crippen LogP contribution is 2.23. The maximum atomic E-state index is 13.1. The monoisotopic (exact) mass is 277 g/mol. The average Bonchev–Trinajstić information content (AvgIpc) is 2.36. The Morgan fingerprint density at radius 2 is 1.89 bits per heavy atom. The first-order valence-electron chi connectivity index (χ1n) is 5.81. The van der Waals surface area contributed by atoms with E-state index in [0.717, 1.165) is 5.56 Å². The lowest BCUT2D eigenvalue weighted by molar-refractivity contribution is 0.102. The van der Waals surface area contributed by atoms with Gasteiger partial charge in [-0.1, -0.05) is 17.7 Å². The fourth-order valence-corrected chi connectivity index (χ4v) is 1.98. The van der Waals surface area contributed by atoms with E-state index in [2.05, 4.69) is 5.32 Å². The highest BCUT2D eigenvalue weighted by Gasteiger charge is 2.10. The van der Waals surface area contributed by atoms with Gasteiger partial charge >= 0.3 is 0 Å². The van der Waals surface area contributed by atoms with Gasteiger partial charge < -0.3 is 5.32 Å². The molecule has 0 fully saturated rings. The topological polar surface area (TPSA) is 29.1 Å². The van der Waals surface area contributed by atoms with Gasteiger partial charge in [0.15, 0.2) is 0 Å². The number of hydrogen-bond donors (Lipinski definition) is 1. The molecule has 0 atom stereocenters. The van der Waals surface area contributed by atoms with Crippen LogP contribution in [0.2, 0.25) is 5.02 Å². The highest BCUT2D eigenvalue weighted by atomic mass is 35.5. The number of hydrogen-bond acceptors (Lipinski definition) is 1. The van der Waals surface area contributed by atoms with Crippen LogP contribution in [0.4, 0.5) is 10.1 Å². The van der Waals surface area contributed by atoms with Crippen LogP contribution in [-0.2, 0) is 0 Å². The zero-order valence-corrected chi connectivity index (χ0v) is 11.4. The van der Waals surface area contributed by atoms with Crippen molar-refractivity contribution in [2.45, 2.75) is 13.8 Å². The second-order valence-electron chi connectivity index (χ2n) is 4.40. The quantitative estimate of drug-likeness (QED) is 0.869. The molecule has 2 aromatic rings. The van der Waals surface area contributed by atoms with Gasteiger partial charge in [0, 0.05) is 5.56 Å². The van der Waals surface area contributed by atoms with Crippen molar-refractivity contribution in [2.75, 3.05) is 5.32 Å². The van der Waals surface area contributed by atoms with Crippen molar-refractivity contribution in [3.05, 3.63) is 63.9 Å². The number of carbonyl (C=O) groups is 1. The first kappa shape index (κ1) is 13.6. The van der Waals surface area contributed by atoms with E-state index in [1.807, 2.05) is 13.0 Å². The number of aryl methyl sites for hydroxylation is 2. The minimum absolute atomic E-state index is 0.311. The van der Waals surface area contributed by atoms with E-state index in [1.54, 1.807) is 19.1 Å². The fraction of sp³-hybridized carbons (Fsp3) is 0.133. The molecule has 4 heteroatoms. The highest BCUT2D eigenvalue weighted by molar-refractivity contribution is 6.34. The van der Waals surface area contributed by atoms with Crippen molar-refractivity contribution < 1.29 is 9.18 Å². The zero-order chi connectivity index (χ0) is 14.0. The molecular formula is C15H13ClFNO. The largest absolute Gasteiger partial charge is 0.321 e. The minimum atomic E-state index is -0.329. The molecule has 0 aliphatic heterocycles. The molecule has 0 saturated carbocycles. The number of benzene rings is 2. The average molecular weight is 278 g/mol. The summed E-state index contributed by atoms with van der Waals surface area (Å²) in [6.07, 6.45) is 0. The number of anilines is 1. The molecule has 0 saturated heterocycles. The van der Waals surface area contributed by atoms with Crippen LogP contribution in [0.15, 0.2) is 36.4 Å². The van der Waals surface area contributed by atoms with Gasteiger partial charge in [0.25, 0.3) is 5.91 Å². The van der Waals surface area contributed by atoms with Crippen molar-refractivity contribution >= 4 is 23.2 Å². The Bertz CT molecular complexity index is 640. The molecule has 19 heavy (non-hydrogen) atoms. The first-order chi connectivity index (χ1) is 8.97. The summed E-state index contributed by atoms with van der Waals surface area (Å²) in [4.78, 5) is 12.0.